The van der Waals surface area contributed by atoms with E-state index >= 15 is 0 Å². The van der Waals surface area contributed by atoms with E-state index in [1.807, 2.05) is 52.0 Å². The average Bonchev–Trinajstić information content (AvgIpc) is 2.81. The lowest BCUT2D eigenvalue weighted by molar-refractivity contribution is -0.151. The van der Waals surface area contributed by atoms with Crippen molar-refractivity contribution in [3.05, 3.63) is 52.4 Å². The molecule has 0 unspecified atom stereocenters. The zero-order chi connectivity index (χ0) is 24.8. The molecule has 0 saturated carbocycles. The number of nitrogens with one attached hydrogen (secondary N) is 1. The molecule has 184 valence electrons. The number of rotatable bonds is 9. The van der Waals surface area contributed by atoms with Crippen LogP contribution in [-0.2, 0) is 23.9 Å². The van der Waals surface area contributed by atoms with Gasteiger partial charge in [-0.1, -0.05) is 32.0 Å². The molecule has 34 heavy (non-hydrogen) atoms. The molecule has 0 radical (unpaired) electrons. The van der Waals surface area contributed by atoms with Gasteiger partial charge in [-0.25, -0.2) is 4.79 Å². The fraction of sp³-hybridized carbons (Fsp3) is 0.500. The van der Waals surface area contributed by atoms with Crippen LogP contribution in [0.4, 0.5) is 0 Å². The van der Waals surface area contributed by atoms with Gasteiger partial charge in [0, 0.05) is 28.3 Å². The summed E-state index contributed by atoms with van der Waals surface area (Å²) in [5.74, 6) is -1.03. The van der Waals surface area contributed by atoms with Gasteiger partial charge in [0.05, 0.1) is 25.2 Å². The molecular weight excluding hydrogens is 454 g/mol. The Morgan fingerprint density at radius 1 is 1.21 bits per heavy atom. The fourth-order valence-corrected chi connectivity index (χ4v) is 5.17. The van der Waals surface area contributed by atoms with Gasteiger partial charge in [-0.15, -0.1) is 0 Å². The van der Waals surface area contributed by atoms with Crippen molar-refractivity contribution < 1.29 is 28.6 Å². The predicted molar refractivity (Wildman–Crippen MR) is 131 cm³/mol. The van der Waals surface area contributed by atoms with Crippen molar-refractivity contribution in [1.82, 2.24) is 5.32 Å². The van der Waals surface area contributed by atoms with Crippen molar-refractivity contribution in [2.24, 2.45) is 11.8 Å². The number of carbonyl (C=O) groups is 3. The maximum absolute atomic E-state index is 13.8. The Hall–Kier alpha value is -2.74. The lowest BCUT2D eigenvalue weighted by Crippen LogP contribution is -2.43. The number of allylic oxidation sites excluding steroid dienone is 3. The minimum Gasteiger partial charge on any atom is -0.494 e. The number of esters is 2. The van der Waals surface area contributed by atoms with Gasteiger partial charge in [0.1, 0.15) is 18.3 Å². The summed E-state index contributed by atoms with van der Waals surface area (Å²) in [5, 5.41) is 3.28. The number of ether oxygens (including phenoxy) is 3. The first kappa shape index (κ1) is 25.9. The Morgan fingerprint density at radius 3 is 2.62 bits per heavy atom. The Labute approximate surface area is 205 Å². The first-order chi connectivity index (χ1) is 16.3. The van der Waals surface area contributed by atoms with Crippen LogP contribution in [0.3, 0.4) is 0 Å². The maximum Gasteiger partial charge on any atom is 0.336 e. The molecule has 3 atom stereocenters. The van der Waals surface area contributed by atoms with Crippen LogP contribution in [-0.4, -0.2) is 49.6 Å². The first-order valence-corrected chi connectivity index (χ1v) is 12.8. The molecule has 8 heteroatoms. The largest absolute Gasteiger partial charge is 0.494 e. The zero-order valence-electron chi connectivity index (χ0n) is 20.4. The summed E-state index contributed by atoms with van der Waals surface area (Å²) in [6.45, 7) is 8.32. The molecule has 1 aliphatic carbocycles. The molecule has 0 amide bonds. The molecule has 3 rings (SSSR count). The Kier molecular flexibility index (Phi) is 8.83. The van der Waals surface area contributed by atoms with Crippen LogP contribution in [0.2, 0.25) is 0 Å². The van der Waals surface area contributed by atoms with Crippen molar-refractivity contribution in [3.8, 4) is 5.75 Å². The molecule has 1 aliphatic heterocycles. The van der Waals surface area contributed by atoms with Crippen LogP contribution in [0.25, 0.3) is 0 Å². The second-order valence-corrected chi connectivity index (χ2v) is 9.73. The van der Waals surface area contributed by atoms with Gasteiger partial charge in [-0.05, 0) is 38.0 Å². The van der Waals surface area contributed by atoms with Crippen LogP contribution < -0.4 is 10.1 Å². The van der Waals surface area contributed by atoms with Gasteiger partial charge in [0.2, 0.25) is 0 Å². The highest BCUT2D eigenvalue weighted by Crippen LogP contribution is 2.47. The number of carbonyl (C=O) groups excluding carboxylic acids is 3. The first-order valence-electron chi connectivity index (χ1n) is 11.6. The normalized spacial score (nSPS) is 22.1. The summed E-state index contributed by atoms with van der Waals surface area (Å²) in [6, 6.07) is 7.38. The number of Topliss-reactive ketones (excluding diaryl/α,β-unsaturated/α-hetero) is 1. The molecule has 1 heterocycles. The highest BCUT2D eigenvalue weighted by Gasteiger charge is 2.47. The summed E-state index contributed by atoms with van der Waals surface area (Å²) >= 11 is 1.68. The average molecular weight is 488 g/mol. The number of hydrogen-bond acceptors (Lipinski definition) is 8. The van der Waals surface area contributed by atoms with Crippen molar-refractivity contribution >= 4 is 29.5 Å². The van der Waals surface area contributed by atoms with Crippen molar-refractivity contribution in [2.45, 2.75) is 40.0 Å². The molecule has 1 aromatic rings. The summed E-state index contributed by atoms with van der Waals surface area (Å²) in [4.78, 5) is 39.7. The Balaban J connectivity index is 2.13. The molecular formula is C26H33NO6S. The minimum absolute atomic E-state index is 0.235. The second kappa shape index (κ2) is 11.6. The monoisotopic (exact) mass is 487 g/mol. The van der Waals surface area contributed by atoms with Crippen LogP contribution in [0, 0.1) is 11.8 Å². The minimum atomic E-state index is -0.927. The summed E-state index contributed by atoms with van der Waals surface area (Å²) in [7, 11) is 1.29. The molecule has 1 aromatic carbocycles. The van der Waals surface area contributed by atoms with Crippen LogP contribution >= 0.6 is 11.8 Å². The summed E-state index contributed by atoms with van der Waals surface area (Å²) in [5.41, 5.74) is 2.82. The topological polar surface area (TPSA) is 90.9 Å². The Bertz CT molecular complexity index is 1010. The van der Waals surface area contributed by atoms with Gasteiger partial charge in [-0.2, -0.15) is 11.8 Å². The van der Waals surface area contributed by atoms with Gasteiger partial charge >= 0.3 is 11.9 Å². The van der Waals surface area contributed by atoms with Crippen LogP contribution in [0.5, 0.6) is 5.75 Å². The molecule has 7 nitrogen and oxygen atoms in total. The lowest BCUT2D eigenvalue weighted by Gasteiger charge is -2.38. The smallest absolute Gasteiger partial charge is 0.336 e. The number of benzene rings is 1. The van der Waals surface area contributed by atoms with Crippen molar-refractivity contribution in [3.63, 3.8) is 0 Å². The number of dihydropyridines is 1. The highest BCUT2D eigenvalue weighted by molar-refractivity contribution is 7.99. The number of thioether (sulfide) groups is 1. The van der Waals surface area contributed by atoms with Gasteiger partial charge < -0.3 is 19.5 Å². The van der Waals surface area contributed by atoms with E-state index in [-0.39, 0.29) is 18.3 Å². The number of hydrogen-bond donors (Lipinski definition) is 1. The van der Waals surface area contributed by atoms with Crippen LogP contribution in [0.15, 0.2) is 46.8 Å². The van der Waals surface area contributed by atoms with Crippen LogP contribution in [0.1, 0.15) is 45.6 Å². The van der Waals surface area contributed by atoms with E-state index in [4.69, 9.17) is 14.2 Å². The third kappa shape index (κ3) is 5.17. The molecule has 0 spiro atoms. The molecule has 0 aromatic heterocycles. The summed E-state index contributed by atoms with van der Waals surface area (Å²) < 4.78 is 16.4. The SMILES string of the molecule is CCOc1ccccc1[C@H]1C(C(=O)OCCSCC)=C(C)NC2=C1C(=O)[C@H](C(=O)OC)[C@@H](C)C2. The third-order valence-corrected chi connectivity index (χ3v) is 7.02. The lowest BCUT2D eigenvalue weighted by atomic mass is 9.69. The number of ketones is 1. The van der Waals surface area contributed by atoms with E-state index in [0.29, 0.717) is 46.9 Å². The molecule has 0 bridgehead atoms. The van der Waals surface area contributed by atoms with E-state index in [9.17, 15) is 14.4 Å². The van der Waals surface area contributed by atoms with Gasteiger partial charge in [0.25, 0.3) is 0 Å². The third-order valence-electron chi connectivity index (χ3n) is 6.16. The van der Waals surface area contributed by atoms with Gasteiger partial charge in [-0.3, -0.25) is 9.59 Å². The van der Waals surface area contributed by atoms with E-state index < -0.39 is 23.8 Å². The van der Waals surface area contributed by atoms with E-state index in [1.165, 1.54) is 7.11 Å². The highest BCUT2D eigenvalue weighted by atomic mass is 32.2. The van der Waals surface area contributed by atoms with Crippen molar-refractivity contribution in [1.29, 1.82) is 0 Å². The van der Waals surface area contributed by atoms with E-state index in [2.05, 4.69) is 5.32 Å². The van der Waals surface area contributed by atoms with E-state index in [0.717, 1.165) is 11.4 Å². The Morgan fingerprint density at radius 2 is 1.94 bits per heavy atom. The van der Waals surface area contributed by atoms with Crippen molar-refractivity contribution in [2.75, 3.05) is 31.8 Å². The van der Waals surface area contributed by atoms with E-state index in [1.54, 1.807) is 11.8 Å². The predicted octanol–water partition coefficient (Wildman–Crippen LogP) is 3.99. The standard InChI is InChI=1S/C26H33NO6S/c1-6-32-19-11-9-8-10-17(19)22-21(26(30)33-12-13-34-7-2)16(4)27-18-14-15(3)20(25(29)31-5)24(28)23(18)22/h8-11,15,20,22,27H,6-7,12-14H2,1-5H3/t15-,20+,22-/m0/s1. The molecule has 0 saturated heterocycles. The van der Waals surface area contributed by atoms with Gasteiger partial charge in [0.15, 0.2) is 5.78 Å². The summed E-state index contributed by atoms with van der Waals surface area (Å²) in [6.07, 6.45) is 0.487. The second-order valence-electron chi connectivity index (χ2n) is 8.34. The molecule has 0 fully saturated rings. The number of para-hydroxylation sites is 1. The maximum atomic E-state index is 13.8. The fourth-order valence-electron chi connectivity index (χ4n) is 4.68. The molecule has 2 aliphatic rings. The number of methoxy groups -OCH3 is 1. The quantitative estimate of drug-likeness (QED) is 0.318. The molecule has 1 N–H and O–H groups in total. The zero-order valence-corrected chi connectivity index (χ0v) is 21.3.